The number of fused-ring (bicyclic) bond motifs is 1. The molecule has 0 N–H and O–H groups in total. The Labute approximate surface area is 99.9 Å². The molecule has 0 saturated carbocycles. The third-order valence-electron chi connectivity index (χ3n) is 3.30. The van der Waals surface area contributed by atoms with Crippen molar-refractivity contribution in [3.8, 4) is 0 Å². The largest absolute Gasteiger partial charge is 0.633 e. The van der Waals surface area contributed by atoms with Crippen molar-refractivity contribution < 1.29 is 4.65 Å². The van der Waals surface area contributed by atoms with E-state index in [-0.39, 0.29) is 4.65 Å². The van der Waals surface area contributed by atoms with E-state index in [4.69, 9.17) is 0 Å². The normalized spacial score (nSPS) is 24.9. The van der Waals surface area contributed by atoms with Gasteiger partial charge in [-0.3, -0.25) is 0 Å². The summed E-state index contributed by atoms with van der Waals surface area (Å²) >= 11 is 0. The smallest absolute Gasteiger partial charge is 0.0989 e. The van der Waals surface area contributed by atoms with Crippen LogP contribution in [0.4, 0.5) is 0 Å². The highest BCUT2D eigenvalue weighted by Gasteiger charge is 2.18. The molecule has 1 aromatic carbocycles. The quantitative estimate of drug-likeness (QED) is 0.555. The SMILES string of the molecule is C[N+]1([O-])CC=C(n2ncc3ccccc32)CC1. The van der Waals surface area contributed by atoms with E-state index in [9.17, 15) is 5.21 Å². The van der Waals surface area contributed by atoms with E-state index in [1.807, 2.05) is 29.1 Å². The molecule has 0 aliphatic carbocycles. The molecule has 4 heteroatoms. The lowest BCUT2D eigenvalue weighted by Crippen LogP contribution is -2.41. The summed E-state index contributed by atoms with van der Waals surface area (Å²) in [5.74, 6) is 0. The minimum Gasteiger partial charge on any atom is -0.633 e. The molecule has 0 amide bonds. The Morgan fingerprint density at radius 1 is 1.35 bits per heavy atom. The van der Waals surface area contributed by atoms with E-state index in [0.29, 0.717) is 13.1 Å². The van der Waals surface area contributed by atoms with Crippen LogP contribution in [0.1, 0.15) is 6.42 Å². The Hall–Kier alpha value is -1.65. The topological polar surface area (TPSA) is 40.9 Å². The lowest BCUT2D eigenvalue weighted by molar-refractivity contribution is -0.855. The van der Waals surface area contributed by atoms with Crippen molar-refractivity contribution in [3.05, 3.63) is 41.7 Å². The van der Waals surface area contributed by atoms with Crippen molar-refractivity contribution >= 4 is 16.6 Å². The first-order valence-corrected chi connectivity index (χ1v) is 5.83. The highest BCUT2D eigenvalue weighted by atomic mass is 16.5. The van der Waals surface area contributed by atoms with Crippen LogP contribution in [0.5, 0.6) is 0 Å². The zero-order valence-corrected chi connectivity index (χ0v) is 9.84. The zero-order valence-electron chi connectivity index (χ0n) is 9.84. The van der Waals surface area contributed by atoms with Crippen molar-refractivity contribution in [2.75, 3.05) is 20.1 Å². The molecule has 3 rings (SSSR count). The summed E-state index contributed by atoms with van der Waals surface area (Å²) in [6.07, 6.45) is 4.66. The molecular weight excluding hydrogens is 214 g/mol. The van der Waals surface area contributed by atoms with Gasteiger partial charge in [0.15, 0.2) is 0 Å². The second-order valence-electron chi connectivity index (χ2n) is 4.76. The molecular formula is C13H15N3O. The molecule has 1 aliphatic rings. The number of hydroxylamine groups is 3. The van der Waals surface area contributed by atoms with Crippen LogP contribution in [0.2, 0.25) is 0 Å². The maximum Gasteiger partial charge on any atom is 0.0989 e. The second-order valence-corrected chi connectivity index (χ2v) is 4.76. The monoisotopic (exact) mass is 229 g/mol. The molecule has 1 aliphatic heterocycles. The van der Waals surface area contributed by atoms with E-state index < -0.39 is 0 Å². The van der Waals surface area contributed by atoms with Crippen LogP contribution >= 0.6 is 0 Å². The molecule has 0 radical (unpaired) electrons. The first kappa shape index (κ1) is 10.5. The standard InChI is InChI=1S/C13H15N3O/c1-16(17)8-6-12(7-9-16)15-13-5-3-2-4-11(13)10-14-15/h2-6,10H,7-9H2,1H3. The molecule has 4 nitrogen and oxygen atoms in total. The van der Waals surface area contributed by atoms with Crippen LogP contribution in [0.3, 0.4) is 0 Å². The van der Waals surface area contributed by atoms with Crippen molar-refractivity contribution in [2.24, 2.45) is 0 Å². The highest BCUT2D eigenvalue weighted by molar-refractivity contribution is 5.81. The molecule has 0 saturated heterocycles. The van der Waals surface area contributed by atoms with Crippen molar-refractivity contribution in [3.63, 3.8) is 0 Å². The third-order valence-corrected chi connectivity index (χ3v) is 3.30. The predicted octanol–water partition coefficient (Wildman–Crippen LogP) is 2.23. The van der Waals surface area contributed by atoms with Gasteiger partial charge in [0.05, 0.1) is 31.9 Å². The molecule has 1 aromatic heterocycles. The lowest BCUT2D eigenvalue weighted by atomic mass is 10.2. The highest BCUT2D eigenvalue weighted by Crippen LogP contribution is 2.23. The second kappa shape index (κ2) is 3.68. The minimum absolute atomic E-state index is 0.178. The number of aromatic nitrogens is 2. The molecule has 0 spiro atoms. The van der Waals surface area contributed by atoms with Gasteiger partial charge in [-0.05, 0) is 12.1 Å². The fraction of sp³-hybridized carbons (Fsp3) is 0.308. The van der Waals surface area contributed by atoms with Gasteiger partial charge in [-0.25, -0.2) is 4.68 Å². The minimum atomic E-state index is -0.178. The Kier molecular flexibility index (Phi) is 2.28. The number of rotatable bonds is 1. The fourth-order valence-electron chi connectivity index (χ4n) is 2.24. The molecule has 1 atom stereocenters. The van der Waals surface area contributed by atoms with Crippen LogP contribution in [0.15, 0.2) is 36.5 Å². The average molecular weight is 229 g/mol. The molecule has 1 unspecified atom stereocenters. The predicted molar refractivity (Wildman–Crippen MR) is 67.9 cm³/mol. The molecule has 0 fully saturated rings. The summed E-state index contributed by atoms with van der Waals surface area (Å²) in [4.78, 5) is 0. The van der Waals surface area contributed by atoms with Crippen molar-refractivity contribution in [2.45, 2.75) is 6.42 Å². The number of para-hydroxylation sites is 1. The molecule has 0 bridgehead atoms. The fourth-order valence-corrected chi connectivity index (χ4v) is 2.24. The van der Waals surface area contributed by atoms with Gasteiger partial charge in [-0.2, -0.15) is 5.10 Å². The first-order chi connectivity index (χ1) is 8.16. The summed E-state index contributed by atoms with van der Waals surface area (Å²) in [6.45, 7) is 1.16. The van der Waals surface area contributed by atoms with E-state index in [1.165, 1.54) is 0 Å². The van der Waals surface area contributed by atoms with E-state index in [1.54, 1.807) is 7.05 Å². The Bertz CT molecular complexity index is 583. The van der Waals surface area contributed by atoms with Crippen LogP contribution in [0.25, 0.3) is 16.6 Å². The van der Waals surface area contributed by atoms with Crippen molar-refractivity contribution in [1.29, 1.82) is 0 Å². The van der Waals surface area contributed by atoms with Gasteiger partial charge < -0.3 is 9.85 Å². The lowest BCUT2D eigenvalue weighted by Gasteiger charge is -2.40. The van der Waals surface area contributed by atoms with Gasteiger partial charge in [0.25, 0.3) is 0 Å². The summed E-state index contributed by atoms with van der Waals surface area (Å²) in [5, 5.41) is 17.3. The molecule has 2 aromatic rings. The van der Waals surface area contributed by atoms with E-state index in [0.717, 1.165) is 23.0 Å². The van der Waals surface area contributed by atoms with Gasteiger partial charge in [-0.15, -0.1) is 0 Å². The van der Waals surface area contributed by atoms with Crippen LogP contribution in [0, 0.1) is 5.21 Å². The number of quaternary nitrogens is 1. The van der Waals surface area contributed by atoms with Gasteiger partial charge in [-0.1, -0.05) is 18.2 Å². The van der Waals surface area contributed by atoms with E-state index in [2.05, 4.69) is 17.2 Å². The number of hydrogen-bond acceptors (Lipinski definition) is 2. The number of nitrogens with zero attached hydrogens (tertiary/aromatic N) is 3. The average Bonchev–Trinajstić information content (AvgIpc) is 2.73. The molecule has 88 valence electrons. The van der Waals surface area contributed by atoms with Gasteiger partial charge in [0.1, 0.15) is 0 Å². The van der Waals surface area contributed by atoms with E-state index >= 15 is 0 Å². The van der Waals surface area contributed by atoms with Crippen LogP contribution < -0.4 is 0 Å². The number of hydrogen-bond donors (Lipinski definition) is 0. The van der Waals surface area contributed by atoms with Gasteiger partial charge in [0.2, 0.25) is 0 Å². The van der Waals surface area contributed by atoms with Gasteiger partial charge >= 0.3 is 0 Å². The summed E-state index contributed by atoms with van der Waals surface area (Å²) in [6, 6.07) is 8.13. The zero-order chi connectivity index (χ0) is 11.9. The Morgan fingerprint density at radius 3 is 2.94 bits per heavy atom. The van der Waals surface area contributed by atoms with Gasteiger partial charge in [0, 0.05) is 17.5 Å². The van der Waals surface area contributed by atoms with Crippen molar-refractivity contribution in [1.82, 2.24) is 9.78 Å². The summed E-state index contributed by atoms with van der Waals surface area (Å²) in [7, 11) is 1.72. The molecule has 17 heavy (non-hydrogen) atoms. The maximum atomic E-state index is 11.8. The Morgan fingerprint density at radius 2 is 2.18 bits per heavy atom. The summed E-state index contributed by atoms with van der Waals surface area (Å²) in [5.41, 5.74) is 2.25. The Balaban J connectivity index is 2.03. The maximum absolute atomic E-state index is 11.8. The first-order valence-electron chi connectivity index (χ1n) is 5.83. The number of benzene rings is 1. The third kappa shape index (κ3) is 1.85. The summed E-state index contributed by atoms with van der Waals surface area (Å²) < 4.78 is 1.77. The molecule has 2 heterocycles. The van der Waals surface area contributed by atoms with Crippen LogP contribution in [-0.4, -0.2) is 34.6 Å². The number of likely N-dealkylation sites (N-methyl/N-ethyl adjacent to an activating group) is 1. The van der Waals surface area contributed by atoms with Crippen LogP contribution in [-0.2, 0) is 0 Å².